The molecule has 0 bridgehead atoms. The summed E-state index contributed by atoms with van der Waals surface area (Å²) in [7, 11) is 0. The predicted molar refractivity (Wildman–Crippen MR) is 74.3 cm³/mol. The van der Waals surface area contributed by atoms with Gasteiger partial charge in [-0.3, -0.25) is 4.79 Å². The maximum atomic E-state index is 12.5. The van der Waals surface area contributed by atoms with E-state index in [0.717, 1.165) is 24.3 Å². The Balaban J connectivity index is 1.76. The molecule has 1 aromatic carbocycles. The minimum atomic E-state index is -0.241. The van der Waals surface area contributed by atoms with Crippen LogP contribution in [-0.4, -0.2) is 30.7 Å². The van der Waals surface area contributed by atoms with Crippen LogP contribution in [-0.2, 0) is 9.53 Å². The number of para-hydroxylation sites is 1. The molecule has 2 N–H and O–H groups in total. The Morgan fingerprint density at radius 3 is 3.00 bits per heavy atom. The lowest BCUT2D eigenvalue weighted by Crippen LogP contribution is -2.52. The van der Waals surface area contributed by atoms with Gasteiger partial charge in [0.2, 0.25) is 5.91 Å². The second kappa shape index (κ2) is 4.53. The van der Waals surface area contributed by atoms with Gasteiger partial charge in [-0.05, 0) is 31.9 Å². The molecule has 2 heterocycles. The van der Waals surface area contributed by atoms with E-state index < -0.39 is 0 Å². The summed E-state index contributed by atoms with van der Waals surface area (Å²) in [6, 6.07) is 8.01. The van der Waals surface area contributed by atoms with Gasteiger partial charge in [0.05, 0.1) is 17.6 Å². The van der Waals surface area contributed by atoms with Gasteiger partial charge in [-0.1, -0.05) is 18.2 Å². The molecule has 1 amide bonds. The maximum Gasteiger partial charge on any atom is 0.229 e. The van der Waals surface area contributed by atoms with Crippen LogP contribution in [0.25, 0.3) is 0 Å². The average Bonchev–Trinajstić information content (AvgIpc) is 2.94. The third-order valence-corrected chi connectivity index (χ3v) is 4.44. The van der Waals surface area contributed by atoms with Gasteiger partial charge in [0.15, 0.2) is 0 Å². The normalized spacial score (nSPS) is 32.7. The molecular formula is C15H20N2O2. The van der Waals surface area contributed by atoms with Crippen molar-refractivity contribution in [3.8, 4) is 0 Å². The Labute approximate surface area is 113 Å². The number of carbonyl (C=O) groups is 1. The van der Waals surface area contributed by atoms with Crippen molar-refractivity contribution in [1.29, 1.82) is 0 Å². The van der Waals surface area contributed by atoms with Crippen molar-refractivity contribution in [3.63, 3.8) is 0 Å². The van der Waals surface area contributed by atoms with E-state index in [0.29, 0.717) is 6.54 Å². The van der Waals surface area contributed by atoms with Crippen LogP contribution < -0.4 is 10.6 Å². The van der Waals surface area contributed by atoms with E-state index in [4.69, 9.17) is 4.74 Å². The smallest absolute Gasteiger partial charge is 0.229 e. The van der Waals surface area contributed by atoms with Crippen LogP contribution in [0.2, 0.25) is 0 Å². The molecule has 102 valence electrons. The summed E-state index contributed by atoms with van der Waals surface area (Å²) in [4.78, 5) is 12.5. The van der Waals surface area contributed by atoms with Crippen molar-refractivity contribution >= 4 is 11.6 Å². The van der Waals surface area contributed by atoms with Gasteiger partial charge in [0.25, 0.3) is 0 Å². The highest BCUT2D eigenvalue weighted by atomic mass is 16.5. The van der Waals surface area contributed by atoms with E-state index in [2.05, 4.69) is 17.6 Å². The molecule has 0 aromatic heterocycles. The minimum Gasteiger partial charge on any atom is -0.384 e. The Kier molecular flexibility index (Phi) is 2.97. The Morgan fingerprint density at radius 1 is 1.47 bits per heavy atom. The lowest BCUT2D eigenvalue weighted by molar-refractivity contribution is -0.124. The van der Waals surface area contributed by atoms with Crippen LogP contribution in [0.4, 0.5) is 5.69 Å². The summed E-state index contributed by atoms with van der Waals surface area (Å²) in [6.45, 7) is 5.49. The summed E-state index contributed by atoms with van der Waals surface area (Å²) < 4.78 is 5.57. The first-order valence-corrected chi connectivity index (χ1v) is 6.86. The zero-order chi connectivity index (χ0) is 13.5. The monoisotopic (exact) mass is 260 g/mol. The molecule has 0 aliphatic carbocycles. The quantitative estimate of drug-likeness (QED) is 0.853. The number of ether oxygens (including phenoxy) is 1. The molecule has 0 spiro atoms. The molecule has 19 heavy (non-hydrogen) atoms. The van der Waals surface area contributed by atoms with Gasteiger partial charge in [-0.15, -0.1) is 0 Å². The van der Waals surface area contributed by atoms with Crippen LogP contribution >= 0.6 is 0 Å². The molecular weight excluding hydrogens is 240 g/mol. The van der Waals surface area contributed by atoms with Gasteiger partial charge >= 0.3 is 0 Å². The van der Waals surface area contributed by atoms with Crippen LogP contribution in [0.1, 0.15) is 31.7 Å². The van der Waals surface area contributed by atoms with Crippen molar-refractivity contribution in [1.82, 2.24) is 5.32 Å². The number of fused-ring (bicyclic) bond motifs is 1. The molecule has 2 aliphatic heterocycles. The van der Waals surface area contributed by atoms with Gasteiger partial charge in [-0.25, -0.2) is 0 Å². The van der Waals surface area contributed by atoms with Crippen molar-refractivity contribution in [2.75, 3.05) is 18.5 Å². The number of benzene rings is 1. The van der Waals surface area contributed by atoms with Gasteiger partial charge < -0.3 is 15.4 Å². The van der Waals surface area contributed by atoms with Crippen LogP contribution in [0.3, 0.4) is 0 Å². The molecule has 1 saturated heterocycles. The third kappa shape index (κ3) is 2.10. The Morgan fingerprint density at radius 2 is 2.26 bits per heavy atom. The Bertz CT molecular complexity index is 503. The second-order valence-electron chi connectivity index (χ2n) is 5.69. The first-order valence-electron chi connectivity index (χ1n) is 6.86. The van der Waals surface area contributed by atoms with Crippen LogP contribution in [0.5, 0.6) is 0 Å². The van der Waals surface area contributed by atoms with Gasteiger partial charge in [0.1, 0.15) is 0 Å². The lowest BCUT2D eigenvalue weighted by atomic mass is 9.92. The van der Waals surface area contributed by atoms with E-state index in [-0.39, 0.29) is 23.5 Å². The molecule has 0 radical (unpaired) electrons. The molecule has 3 unspecified atom stereocenters. The highest BCUT2D eigenvalue weighted by Crippen LogP contribution is 2.33. The molecule has 1 aromatic rings. The van der Waals surface area contributed by atoms with E-state index in [9.17, 15) is 4.79 Å². The topological polar surface area (TPSA) is 50.4 Å². The Hall–Kier alpha value is -1.55. The van der Waals surface area contributed by atoms with E-state index in [1.807, 2.05) is 31.2 Å². The largest absolute Gasteiger partial charge is 0.384 e. The molecule has 3 rings (SSSR count). The van der Waals surface area contributed by atoms with E-state index in [1.54, 1.807) is 0 Å². The number of nitrogens with one attached hydrogen (secondary N) is 2. The first kappa shape index (κ1) is 12.5. The van der Waals surface area contributed by atoms with Crippen LogP contribution in [0, 0.1) is 0 Å². The number of rotatable bonds is 2. The zero-order valence-electron chi connectivity index (χ0n) is 11.4. The molecule has 4 nitrogen and oxygen atoms in total. The van der Waals surface area contributed by atoms with E-state index >= 15 is 0 Å². The summed E-state index contributed by atoms with van der Waals surface area (Å²) in [6.07, 6.45) is 0.947. The maximum absolute atomic E-state index is 12.5. The van der Waals surface area contributed by atoms with Gasteiger partial charge in [-0.2, -0.15) is 0 Å². The predicted octanol–water partition coefficient (Wildman–Crippen LogP) is 1.88. The average molecular weight is 260 g/mol. The molecule has 1 fully saturated rings. The second-order valence-corrected chi connectivity index (χ2v) is 5.69. The standard InChI is InChI=1S/C15H20N2O2/c1-10-15(2,7-8-19-10)17-14(18)12-9-16-13-6-4-3-5-11(12)13/h3-6,10,12,16H,7-9H2,1-2H3,(H,17,18). The van der Waals surface area contributed by atoms with Crippen molar-refractivity contribution < 1.29 is 9.53 Å². The third-order valence-electron chi connectivity index (χ3n) is 4.44. The molecule has 4 heteroatoms. The van der Waals surface area contributed by atoms with Crippen molar-refractivity contribution in [3.05, 3.63) is 29.8 Å². The number of amides is 1. The summed E-state index contributed by atoms with van der Waals surface area (Å²) >= 11 is 0. The molecule has 0 saturated carbocycles. The summed E-state index contributed by atoms with van der Waals surface area (Å²) in [5, 5.41) is 6.47. The number of anilines is 1. The highest BCUT2D eigenvalue weighted by Gasteiger charge is 2.40. The first-order chi connectivity index (χ1) is 9.10. The fourth-order valence-corrected chi connectivity index (χ4v) is 2.89. The van der Waals surface area contributed by atoms with Crippen LogP contribution in [0.15, 0.2) is 24.3 Å². The highest BCUT2D eigenvalue weighted by molar-refractivity contribution is 5.88. The number of hydrogen-bond donors (Lipinski definition) is 2. The molecule has 2 aliphatic rings. The summed E-state index contributed by atoms with van der Waals surface area (Å²) in [5.74, 6) is -0.00174. The number of hydrogen-bond acceptors (Lipinski definition) is 3. The van der Waals surface area contributed by atoms with E-state index in [1.165, 1.54) is 0 Å². The van der Waals surface area contributed by atoms with Crippen molar-refractivity contribution in [2.24, 2.45) is 0 Å². The molecule has 3 atom stereocenters. The fourth-order valence-electron chi connectivity index (χ4n) is 2.89. The minimum absolute atomic E-state index is 0.0704. The number of carbonyl (C=O) groups excluding carboxylic acids is 1. The fraction of sp³-hybridized carbons (Fsp3) is 0.533. The van der Waals surface area contributed by atoms with Gasteiger partial charge in [0, 0.05) is 18.8 Å². The summed E-state index contributed by atoms with van der Waals surface area (Å²) in [5.41, 5.74) is 1.92. The zero-order valence-corrected chi connectivity index (χ0v) is 11.4. The SMILES string of the molecule is CC1OCCC1(C)NC(=O)C1CNc2ccccc21. The lowest BCUT2D eigenvalue weighted by Gasteiger charge is -2.30. The van der Waals surface area contributed by atoms with Crippen molar-refractivity contribution in [2.45, 2.75) is 37.8 Å².